The zero-order valence-corrected chi connectivity index (χ0v) is 12.5. The highest BCUT2D eigenvalue weighted by Gasteiger charge is 2.14. The van der Waals surface area contributed by atoms with Gasteiger partial charge in [-0.3, -0.25) is 5.32 Å². The number of rotatable bonds is 2. The molecule has 2 rings (SSSR count). The third-order valence-corrected chi connectivity index (χ3v) is 3.15. The molecule has 0 fully saturated rings. The number of aromatic nitrogens is 1. The molecule has 1 aromatic carbocycles. The average Bonchev–Trinajstić information content (AvgIpc) is 2.74. The number of urea groups is 1. The number of hydrogen-bond donors (Lipinski definition) is 3. The largest absolute Gasteiger partial charge is 0.399 e. The van der Waals surface area contributed by atoms with Crippen LogP contribution in [0.3, 0.4) is 0 Å². The molecule has 0 bridgehead atoms. The number of amides is 2. The molecule has 0 spiro atoms. The summed E-state index contributed by atoms with van der Waals surface area (Å²) in [5.74, 6) is 0. The number of hydrogen-bond acceptors (Lipinski definition) is 4. The molecule has 0 saturated heterocycles. The summed E-state index contributed by atoms with van der Waals surface area (Å²) in [4.78, 5) is 16.1. The highest BCUT2D eigenvalue weighted by Crippen LogP contribution is 2.26. The first-order valence-electron chi connectivity index (χ1n) is 6.24. The zero-order chi connectivity index (χ0) is 14.8. The molecule has 2 aromatic rings. The number of nitrogens with one attached hydrogen (secondary N) is 2. The van der Waals surface area contributed by atoms with E-state index in [-0.39, 0.29) is 11.6 Å². The molecule has 2 amide bonds. The molecule has 1 aromatic heterocycles. The summed E-state index contributed by atoms with van der Waals surface area (Å²) in [7, 11) is 0. The van der Waals surface area contributed by atoms with Crippen LogP contribution in [-0.2, 0) is 0 Å². The van der Waals surface area contributed by atoms with Crippen LogP contribution in [0.5, 0.6) is 0 Å². The zero-order valence-electron chi connectivity index (χ0n) is 11.7. The molecule has 0 unspecified atom stereocenters. The first-order valence-corrected chi connectivity index (χ1v) is 7.12. The molecule has 0 aliphatic heterocycles. The molecule has 6 heteroatoms. The number of nitrogens with zero attached hydrogens (tertiary/aromatic N) is 1. The second-order valence-electron chi connectivity index (χ2n) is 5.49. The number of anilines is 2. The van der Waals surface area contributed by atoms with E-state index in [9.17, 15) is 4.79 Å². The van der Waals surface area contributed by atoms with Gasteiger partial charge in [0, 0.05) is 22.2 Å². The van der Waals surface area contributed by atoms with Crippen LogP contribution in [-0.4, -0.2) is 16.6 Å². The highest BCUT2D eigenvalue weighted by molar-refractivity contribution is 7.14. The van der Waals surface area contributed by atoms with Gasteiger partial charge >= 0.3 is 6.03 Å². The van der Waals surface area contributed by atoms with Gasteiger partial charge in [0.25, 0.3) is 0 Å². The molecule has 4 N–H and O–H groups in total. The van der Waals surface area contributed by atoms with Crippen LogP contribution in [0.25, 0.3) is 11.3 Å². The van der Waals surface area contributed by atoms with Crippen molar-refractivity contribution in [3.05, 3.63) is 29.6 Å². The maximum absolute atomic E-state index is 11.8. The monoisotopic (exact) mass is 290 g/mol. The van der Waals surface area contributed by atoms with Gasteiger partial charge in [0.1, 0.15) is 0 Å². The third kappa shape index (κ3) is 3.96. The van der Waals surface area contributed by atoms with Gasteiger partial charge in [-0.25, -0.2) is 9.78 Å². The van der Waals surface area contributed by atoms with Gasteiger partial charge in [0.05, 0.1) is 5.69 Å². The standard InChI is InChI=1S/C14H18N4OS/c1-14(2,3)18-12(19)17-13-16-11(8-20-13)9-5-4-6-10(15)7-9/h4-8H,15H2,1-3H3,(H2,16,17,18,19). The van der Waals surface area contributed by atoms with Crippen molar-refractivity contribution < 1.29 is 4.79 Å². The molecular formula is C14H18N4OS. The Kier molecular flexibility index (Phi) is 3.94. The summed E-state index contributed by atoms with van der Waals surface area (Å²) in [5, 5.41) is 8.00. The maximum atomic E-state index is 11.8. The van der Waals surface area contributed by atoms with Gasteiger partial charge in [-0.2, -0.15) is 0 Å². The van der Waals surface area contributed by atoms with E-state index in [0.29, 0.717) is 10.8 Å². The fourth-order valence-corrected chi connectivity index (χ4v) is 2.35. The van der Waals surface area contributed by atoms with Crippen LogP contribution >= 0.6 is 11.3 Å². The third-order valence-electron chi connectivity index (χ3n) is 2.40. The average molecular weight is 290 g/mol. The SMILES string of the molecule is CC(C)(C)NC(=O)Nc1nc(-c2cccc(N)c2)cs1. The fourth-order valence-electron chi connectivity index (χ4n) is 1.63. The van der Waals surface area contributed by atoms with Crippen LogP contribution in [0, 0.1) is 0 Å². The van der Waals surface area contributed by atoms with E-state index in [0.717, 1.165) is 11.3 Å². The number of thiazole rings is 1. The molecule has 0 radical (unpaired) electrons. The van der Waals surface area contributed by atoms with Gasteiger partial charge in [-0.05, 0) is 32.9 Å². The summed E-state index contributed by atoms with van der Waals surface area (Å²) in [6, 6.07) is 7.24. The lowest BCUT2D eigenvalue weighted by molar-refractivity contribution is 0.244. The number of carbonyl (C=O) groups is 1. The van der Waals surface area contributed by atoms with E-state index in [2.05, 4.69) is 15.6 Å². The fraction of sp³-hybridized carbons (Fsp3) is 0.286. The van der Waals surface area contributed by atoms with E-state index in [4.69, 9.17) is 5.73 Å². The van der Waals surface area contributed by atoms with Crippen LogP contribution in [0.15, 0.2) is 29.6 Å². The van der Waals surface area contributed by atoms with Gasteiger partial charge in [0.2, 0.25) is 0 Å². The summed E-state index contributed by atoms with van der Waals surface area (Å²) >= 11 is 1.38. The van der Waals surface area contributed by atoms with E-state index in [1.54, 1.807) is 0 Å². The summed E-state index contributed by atoms with van der Waals surface area (Å²) in [6.07, 6.45) is 0. The number of carbonyl (C=O) groups excluding carboxylic acids is 1. The van der Waals surface area contributed by atoms with E-state index >= 15 is 0 Å². The van der Waals surface area contributed by atoms with Crippen molar-refractivity contribution in [1.29, 1.82) is 0 Å². The summed E-state index contributed by atoms with van der Waals surface area (Å²) in [6.45, 7) is 5.77. The van der Waals surface area contributed by atoms with Crippen LogP contribution < -0.4 is 16.4 Å². The normalized spacial score (nSPS) is 11.2. The van der Waals surface area contributed by atoms with Crippen molar-refractivity contribution >= 4 is 28.2 Å². The van der Waals surface area contributed by atoms with Crippen molar-refractivity contribution in [3.63, 3.8) is 0 Å². The van der Waals surface area contributed by atoms with Gasteiger partial charge < -0.3 is 11.1 Å². The minimum Gasteiger partial charge on any atom is -0.399 e. The Morgan fingerprint density at radius 1 is 1.35 bits per heavy atom. The first kappa shape index (κ1) is 14.3. The van der Waals surface area contributed by atoms with Gasteiger partial charge in [-0.15, -0.1) is 11.3 Å². The molecule has 5 nitrogen and oxygen atoms in total. The lowest BCUT2D eigenvalue weighted by Crippen LogP contribution is -2.43. The lowest BCUT2D eigenvalue weighted by Gasteiger charge is -2.20. The molecule has 0 saturated carbocycles. The van der Waals surface area contributed by atoms with Crippen molar-refractivity contribution in [2.45, 2.75) is 26.3 Å². The predicted molar refractivity (Wildman–Crippen MR) is 83.9 cm³/mol. The quantitative estimate of drug-likeness (QED) is 0.742. The molecule has 0 aliphatic carbocycles. The topological polar surface area (TPSA) is 80.0 Å². The number of nitrogen functional groups attached to an aromatic ring is 1. The summed E-state index contributed by atoms with van der Waals surface area (Å²) in [5.41, 5.74) is 7.89. The highest BCUT2D eigenvalue weighted by atomic mass is 32.1. The molecule has 1 heterocycles. The second kappa shape index (κ2) is 5.50. The number of nitrogens with two attached hydrogens (primary N) is 1. The van der Waals surface area contributed by atoms with Crippen molar-refractivity contribution in [2.24, 2.45) is 0 Å². The van der Waals surface area contributed by atoms with Crippen LogP contribution in [0.2, 0.25) is 0 Å². The number of benzene rings is 1. The molecule has 20 heavy (non-hydrogen) atoms. The molecule has 106 valence electrons. The van der Waals surface area contributed by atoms with Crippen LogP contribution in [0.4, 0.5) is 15.6 Å². The molecular weight excluding hydrogens is 272 g/mol. The first-order chi connectivity index (χ1) is 9.33. The van der Waals surface area contributed by atoms with Gasteiger partial charge in [-0.1, -0.05) is 12.1 Å². The van der Waals surface area contributed by atoms with Crippen molar-refractivity contribution in [3.8, 4) is 11.3 Å². The minimum atomic E-state index is -0.280. The Hall–Kier alpha value is -2.08. The lowest BCUT2D eigenvalue weighted by atomic mass is 10.1. The minimum absolute atomic E-state index is 0.258. The van der Waals surface area contributed by atoms with E-state index < -0.39 is 0 Å². The van der Waals surface area contributed by atoms with E-state index in [1.807, 2.05) is 50.4 Å². The Morgan fingerprint density at radius 3 is 2.75 bits per heavy atom. The predicted octanol–water partition coefficient (Wildman–Crippen LogP) is 3.31. The Morgan fingerprint density at radius 2 is 2.10 bits per heavy atom. The smallest absolute Gasteiger partial charge is 0.321 e. The molecule has 0 atom stereocenters. The Bertz CT molecular complexity index is 616. The van der Waals surface area contributed by atoms with E-state index in [1.165, 1.54) is 11.3 Å². The van der Waals surface area contributed by atoms with Crippen molar-refractivity contribution in [1.82, 2.24) is 10.3 Å². The van der Waals surface area contributed by atoms with Crippen LogP contribution in [0.1, 0.15) is 20.8 Å². The summed E-state index contributed by atoms with van der Waals surface area (Å²) < 4.78 is 0. The Balaban J connectivity index is 2.08. The van der Waals surface area contributed by atoms with Crippen molar-refractivity contribution in [2.75, 3.05) is 11.1 Å². The van der Waals surface area contributed by atoms with Gasteiger partial charge in [0.15, 0.2) is 5.13 Å². The Labute approximate surface area is 122 Å². The second-order valence-corrected chi connectivity index (χ2v) is 6.35. The molecule has 0 aliphatic rings. The maximum Gasteiger partial charge on any atom is 0.321 e.